The standard InChI is InChI=1S/C15H25N3O2S/c1-12-10-14(6-7-15(12)16)21(19,20)17-11-13(2)18-8-4-3-5-9-18/h6-7,10,13,17H,3-5,8-9,11,16H2,1-2H3. The smallest absolute Gasteiger partial charge is 0.240 e. The number of rotatable bonds is 5. The second-order valence-corrected chi connectivity index (χ2v) is 7.58. The molecule has 1 heterocycles. The number of nitrogens with two attached hydrogens (primary N) is 1. The molecule has 6 heteroatoms. The van der Waals surface area contributed by atoms with Crippen molar-refractivity contribution in [3.05, 3.63) is 23.8 Å². The van der Waals surface area contributed by atoms with E-state index in [1.54, 1.807) is 18.2 Å². The third kappa shape index (κ3) is 4.18. The molecule has 1 fully saturated rings. The van der Waals surface area contributed by atoms with E-state index in [0.717, 1.165) is 18.7 Å². The summed E-state index contributed by atoms with van der Waals surface area (Å²) in [5.74, 6) is 0. The van der Waals surface area contributed by atoms with Gasteiger partial charge in [-0.3, -0.25) is 4.90 Å². The Morgan fingerprint density at radius 2 is 1.95 bits per heavy atom. The summed E-state index contributed by atoms with van der Waals surface area (Å²) in [5, 5.41) is 0. The van der Waals surface area contributed by atoms with E-state index < -0.39 is 10.0 Å². The highest BCUT2D eigenvalue weighted by Crippen LogP contribution is 2.17. The van der Waals surface area contributed by atoms with Crippen LogP contribution in [0.25, 0.3) is 0 Å². The molecule has 0 aromatic heterocycles. The van der Waals surface area contributed by atoms with Crippen LogP contribution in [0.2, 0.25) is 0 Å². The molecule has 1 saturated heterocycles. The van der Waals surface area contributed by atoms with Crippen molar-refractivity contribution >= 4 is 15.7 Å². The third-order valence-electron chi connectivity index (χ3n) is 4.13. The molecule has 3 N–H and O–H groups in total. The van der Waals surface area contributed by atoms with Gasteiger partial charge in [-0.15, -0.1) is 0 Å². The lowest BCUT2D eigenvalue weighted by Gasteiger charge is -2.32. The van der Waals surface area contributed by atoms with Crippen molar-refractivity contribution in [1.82, 2.24) is 9.62 Å². The van der Waals surface area contributed by atoms with E-state index in [1.165, 1.54) is 19.3 Å². The minimum absolute atomic E-state index is 0.218. The first-order valence-electron chi connectivity index (χ1n) is 7.50. The number of nitrogen functional groups attached to an aromatic ring is 1. The average Bonchev–Trinajstić information content (AvgIpc) is 2.48. The predicted molar refractivity (Wildman–Crippen MR) is 85.7 cm³/mol. The van der Waals surface area contributed by atoms with Gasteiger partial charge in [0.2, 0.25) is 10.0 Å². The maximum Gasteiger partial charge on any atom is 0.240 e. The Hall–Kier alpha value is -1.11. The van der Waals surface area contributed by atoms with Crippen molar-refractivity contribution in [2.45, 2.75) is 44.0 Å². The van der Waals surface area contributed by atoms with Crippen LogP contribution in [0.15, 0.2) is 23.1 Å². The van der Waals surface area contributed by atoms with E-state index in [2.05, 4.69) is 16.5 Å². The maximum atomic E-state index is 12.3. The Bertz CT molecular complexity index is 581. The zero-order valence-corrected chi connectivity index (χ0v) is 13.6. The summed E-state index contributed by atoms with van der Waals surface area (Å²) in [6.45, 7) is 6.44. The van der Waals surface area contributed by atoms with E-state index in [4.69, 9.17) is 5.73 Å². The fourth-order valence-corrected chi connectivity index (χ4v) is 3.82. The number of likely N-dealkylation sites (tertiary alicyclic amines) is 1. The molecule has 0 bridgehead atoms. The molecule has 0 radical (unpaired) electrons. The predicted octanol–water partition coefficient (Wildman–Crippen LogP) is 1.73. The quantitative estimate of drug-likeness (QED) is 0.812. The van der Waals surface area contributed by atoms with Gasteiger partial charge in [0.15, 0.2) is 0 Å². The summed E-state index contributed by atoms with van der Waals surface area (Å²) >= 11 is 0. The monoisotopic (exact) mass is 311 g/mol. The first kappa shape index (κ1) is 16.3. The van der Waals surface area contributed by atoms with E-state index in [0.29, 0.717) is 12.2 Å². The summed E-state index contributed by atoms with van der Waals surface area (Å²) in [4.78, 5) is 2.63. The Morgan fingerprint density at radius 1 is 1.29 bits per heavy atom. The first-order chi connectivity index (χ1) is 9.90. The van der Waals surface area contributed by atoms with Crippen LogP contribution >= 0.6 is 0 Å². The second kappa shape index (κ2) is 6.77. The molecular formula is C15H25N3O2S. The summed E-state index contributed by atoms with van der Waals surface area (Å²) < 4.78 is 27.3. The van der Waals surface area contributed by atoms with Crippen molar-refractivity contribution < 1.29 is 8.42 Å². The van der Waals surface area contributed by atoms with Gasteiger partial charge in [-0.25, -0.2) is 13.1 Å². The molecule has 118 valence electrons. The average molecular weight is 311 g/mol. The largest absolute Gasteiger partial charge is 0.399 e. The lowest BCUT2D eigenvalue weighted by atomic mass is 10.1. The molecule has 1 aromatic carbocycles. The molecule has 5 nitrogen and oxygen atoms in total. The minimum atomic E-state index is -3.47. The van der Waals surface area contributed by atoms with Crippen molar-refractivity contribution in [2.24, 2.45) is 0 Å². The molecule has 0 amide bonds. The number of benzene rings is 1. The molecule has 1 aliphatic rings. The third-order valence-corrected chi connectivity index (χ3v) is 5.56. The number of piperidine rings is 1. The molecule has 1 unspecified atom stereocenters. The van der Waals surface area contributed by atoms with Crippen LogP contribution in [-0.4, -0.2) is 39.0 Å². The van der Waals surface area contributed by atoms with Gasteiger partial charge in [0.05, 0.1) is 4.90 Å². The van der Waals surface area contributed by atoms with Gasteiger partial charge < -0.3 is 5.73 Å². The Morgan fingerprint density at radius 3 is 2.57 bits per heavy atom. The molecule has 1 aromatic rings. The molecule has 1 aliphatic heterocycles. The summed E-state index contributed by atoms with van der Waals surface area (Å²) in [7, 11) is -3.47. The molecule has 0 spiro atoms. The normalized spacial score (nSPS) is 18.6. The minimum Gasteiger partial charge on any atom is -0.399 e. The van der Waals surface area contributed by atoms with Crippen LogP contribution in [0.3, 0.4) is 0 Å². The maximum absolute atomic E-state index is 12.3. The van der Waals surface area contributed by atoms with E-state index in [1.807, 2.05) is 6.92 Å². The lowest BCUT2D eigenvalue weighted by molar-refractivity contribution is 0.175. The Kier molecular flexibility index (Phi) is 5.24. The number of nitrogens with one attached hydrogen (secondary N) is 1. The second-order valence-electron chi connectivity index (χ2n) is 5.82. The Balaban J connectivity index is 1.98. The molecule has 0 aliphatic carbocycles. The van der Waals surface area contributed by atoms with Crippen LogP contribution in [0.1, 0.15) is 31.7 Å². The van der Waals surface area contributed by atoms with Gasteiger partial charge in [0.25, 0.3) is 0 Å². The van der Waals surface area contributed by atoms with E-state index in [9.17, 15) is 8.42 Å². The van der Waals surface area contributed by atoms with Crippen molar-refractivity contribution in [3.8, 4) is 0 Å². The molecule has 0 saturated carbocycles. The van der Waals surface area contributed by atoms with Crippen LogP contribution in [0, 0.1) is 6.92 Å². The number of hydrogen-bond acceptors (Lipinski definition) is 4. The lowest BCUT2D eigenvalue weighted by Crippen LogP contribution is -2.44. The summed E-state index contributed by atoms with van der Waals surface area (Å²) in [5.41, 5.74) is 7.12. The van der Waals surface area contributed by atoms with Gasteiger partial charge in [-0.05, 0) is 63.5 Å². The highest BCUT2D eigenvalue weighted by molar-refractivity contribution is 7.89. The van der Waals surface area contributed by atoms with Crippen LogP contribution in [0.5, 0.6) is 0 Å². The fourth-order valence-electron chi connectivity index (χ4n) is 2.62. The number of sulfonamides is 1. The zero-order valence-electron chi connectivity index (χ0n) is 12.8. The van der Waals surface area contributed by atoms with Crippen molar-refractivity contribution in [3.63, 3.8) is 0 Å². The fraction of sp³-hybridized carbons (Fsp3) is 0.600. The van der Waals surface area contributed by atoms with Gasteiger partial charge in [-0.1, -0.05) is 6.42 Å². The topological polar surface area (TPSA) is 75.4 Å². The van der Waals surface area contributed by atoms with Gasteiger partial charge in [0, 0.05) is 18.3 Å². The summed E-state index contributed by atoms with van der Waals surface area (Å²) in [6, 6.07) is 5.02. The SMILES string of the molecule is Cc1cc(S(=O)(=O)NCC(C)N2CCCCC2)ccc1N. The molecule has 21 heavy (non-hydrogen) atoms. The van der Waals surface area contributed by atoms with Crippen LogP contribution in [0.4, 0.5) is 5.69 Å². The molecular weight excluding hydrogens is 286 g/mol. The number of aryl methyl sites for hydroxylation is 1. The van der Waals surface area contributed by atoms with Gasteiger partial charge in [-0.2, -0.15) is 0 Å². The van der Waals surface area contributed by atoms with E-state index in [-0.39, 0.29) is 10.9 Å². The van der Waals surface area contributed by atoms with Crippen LogP contribution < -0.4 is 10.5 Å². The van der Waals surface area contributed by atoms with Gasteiger partial charge in [0.1, 0.15) is 0 Å². The zero-order chi connectivity index (χ0) is 15.5. The summed E-state index contributed by atoms with van der Waals surface area (Å²) in [6.07, 6.45) is 3.68. The van der Waals surface area contributed by atoms with Crippen LogP contribution in [-0.2, 0) is 10.0 Å². The molecule has 1 atom stereocenters. The number of hydrogen-bond donors (Lipinski definition) is 2. The Labute approximate surface area is 127 Å². The molecule has 2 rings (SSSR count). The van der Waals surface area contributed by atoms with Crippen molar-refractivity contribution in [2.75, 3.05) is 25.4 Å². The number of nitrogens with zero attached hydrogens (tertiary/aromatic N) is 1. The first-order valence-corrected chi connectivity index (χ1v) is 8.98. The van der Waals surface area contributed by atoms with Crippen molar-refractivity contribution in [1.29, 1.82) is 0 Å². The number of anilines is 1. The van der Waals surface area contributed by atoms with Gasteiger partial charge >= 0.3 is 0 Å². The van der Waals surface area contributed by atoms with E-state index >= 15 is 0 Å². The highest BCUT2D eigenvalue weighted by Gasteiger charge is 2.20. The highest BCUT2D eigenvalue weighted by atomic mass is 32.2.